The predicted octanol–water partition coefficient (Wildman–Crippen LogP) is 1.22. The Labute approximate surface area is 113 Å². The molecule has 0 unspecified atom stereocenters. The van der Waals surface area contributed by atoms with Crippen LogP contribution in [-0.2, 0) is 11.3 Å². The highest BCUT2D eigenvalue weighted by Gasteiger charge is 2.39. The van der Waals surface area contributed by atoms with Crippen LogP contribution in [0.1, 0.15) is 35.9 Å². The van der Waals surface area contributed by atoms with Crippen LogP contribution in [0.4, 0.5) is 0 Å². The largest absolute Gasteiger partial charge is 0.464 e. The lowest BCUT2D eigenvalue weighted by Gasteiger charge is -2.46. The van der Waals surface area contributed by atoms with Gasteiger partial charge < -0.3 is 9.84 Å². The average molecular weight is 264 g/mol. The van der Waals surface area contributed by atoms with E-state index in [1.165, 1.54) is 7.11 Å². The summed E-state index contributed by atoms with van der Waals surface area (Å²) in [6, 6.07) is 5.31. The Hall–Kier alpha value is -1.46. The lowest BCUT2D eigenvalue weighted by molar-refractivity contribution is -0.107. The molecule has 1 saturated heterocycles. The number of ether oxygens (including phenoxy) is 1. The standard InChI is InChI=1S/C14H20N2O3/c1-3-7-14(18)9-16(10-14)8-11-5-4-6-12(15-11)13(17)19-2/h4-6,18H,3,7-10H2,1-2H3. The molecule has 104 valence electrons. The van der Waals surface area contributed by atoms with E-state index in [1.807, 2.05) is 6.07 Å². The molecular formula is C14H20N2O3. The Kier molecular flexibility index (Phi) is 4.17. The summed E-state index contributed by atoms with van der Waals surface area (Å²) < 4.78 is 4.65. The zero-order valence-corrected chi connectivity index (χ0v) is 11.4. The van der Waals surface area contributed by atoms with Gasteiger partial charge in [-0.05, 0) is 18.6 Å². The van der Waals surface area contributed by atoms with Gasteiger partial charge in [-0.2, -0.15) is 0 Å². The zero-order chi connectivity index (χ0) is 13.9. The van der Waals surface area contributed by atoms with Gasteiger partial charge in [0.1, 0.15) is 5.69 Å². The van der Waals surface area contributed by atoms with E-state index >= 15 is 0 Å². The number of likely N-dealkylation sites (tertiary alicyclic amines) is 1. The molecule has 0 spiro atoms. The van der Waals surface area contributed by atoms with E-state index in [4.69, 9.17) is 0 Å². The van der Waals surface area contributed by atoms with Crippen LogP contribution in [0.2, 0.25) is 0 Å². The molecule has 5 nitrogen and oxygen atoms in total. The van der Waals surface area contributed by atoms with Crippen molar-refractivity contribution < 1.29 is 14.6 Å². The molecule has 2 heterocycles. The van der Waals surface area contributed by atoms with Crippen LogP contribution in [0.5, 0.6) is 0 Å². The second-order valence-corrected chi connectivity index (χ2v) is 5.13. The maximum Gasteiger partial charge on any atom is 0.356 e. The molecule has 0 amide bonds. The lowest BCUT2D eigenvalue weighted by Crippen LogP contribution is -2.61. The number of methoxy groups -OCH3 is 1. The Morgan fingerprint density at radius 1 is 1.53 bits per heavy atom. The average Bonchev–Trinajstić information content (AvgIpc) is 2.36. The van der Waals surface area contributed by atoms with Gasteiger partial charge in [0.2, 0.25) is 0 Å². The van der Waals surface area contributed by atoms with Crippen LogP contribution in [-0.4, -0.2) is 46.8 Å². The highest BCUT2D eigenvalue weighted by molar-refractivity contribution is 5.87. The Morgan fingerprint density at radius 3 is 2.89 bits per heavy atom. The fraction of sp³-hybridized carbons (Fsp3) is 0.571. The Balaban J connectivity index is 1.93. The fourth-order valence-electron chi connectivity index (χ4n) is 2.54. The van der Waals surface area contributed by atoms with Crippen LogP contribution >= 0.6 is 0 Å². The maximum absolute atomic E-state index is 11.4. The van der Waals surface area contributed by atoms with Crippen molar-refractivity contribution in [3.8, 4) is 0 Å². The summed E-state index contributed by atoms with van der Waals surface area (Å²) in [6.45, 7) is 4.06. The molecule has 2 rings (SSSR count). The number of hydrogen-bond donors (Lipinski definition) is 1. The maximum atomic E-state index is 11.4. The van der Waals surface area contributed by atoms with Gasteiger partial charge in [0, 0.05) is 19.6 Å². The minimum atomic E-state index is -0.533. The molecule has 0 radical (unpaired) electrons. The number of rotatable bonds is 5. The SMILES string of the molecule is CCCC1(O)CN(Cc2cccc(C(=O)OC)n2)C1. The van der Waals surface area contributed by atoms with Gasteiger partial charge in [-0.15, -0.1) is 0 Å². The van der Waals surface area contributed by atoms with E-state index in [2.05, 4.69) is 21.5 Å². The summed E-state index contributed by atoms with van der Waals surface area (Å²) in [4.78, 5) is 17.8. The highest BCUT2D eigenvalue weighted by atomic mass is 16.5. The number of nitrogens with zero attached hydrogens (tertiary/aromatic N) is 2. The molecule has 1 aromatic rings. The summed E-state index contributed by atoms with van der Waals surface area (Å²) in [5.74, 6) is -0.423. The topological polar surface area (TPSA) is 62.7 Å². The van der Waals surface area contributed by atoms with Crippen molar-refractivity contribution in [2.24, 2.45) is 0 Å². The summed E-state index contributed by atoms with van der Waals surface area (Å²) in [6.07, 6.45) is 1.82. The van der Waals surface area contributed by atoms with E-state index in [9.17, 15) is 9.90 Å². The van der Waals surface area contributed by atoms with E-state index in [0.29, 0.717) is 25.3 Å². The second-order valence-electron chi connectivity index (χ2n) is 5.13. The number of pyridine rings is 1. The van der Waals surface area contributed by atoms with Gasteiger partial charge in [-0.25, -0.2) is 9.78 Å². The Bertz CT molecular complexity index is 456. The number of hydrogen-bond acceptors (Lipinski definition) is 5. The van der Waals surface area contributed by atoms with Crippen LogP contribution in [0.25, 0.3) is 0 Å². The molecule has 0 bridgehead atoms. The first-order valence-corrected chi connectivity index (χ1v) is 6.55. The summed E-state index contributed by atoms with van der Waals surface area (Å²) >= 11 is 0. The third-order valence-electron chi connectivity index (χ3n) is 3.34. The van der Waals surface area contributed by atoms with E-state index in [1.54, 1.807) is 12.1 Å². The highest BCUT2D eigenvalue weighted by Crippen LogP contribution is 2.26. The number of aliphatic hydroxyl groups is 1. The number of carbonyl (C=O) groups excluding carboxylic acids is 1. The van der Waals surface area contributed by atoms with E-state index in [0.717, 1.165) is 18.5 Å². The third-order valence-corrected chi connectivity index (χ3v) is 3.34. The lowest BCUT2D eigenvalue weighted by atomic mass is 9.89. The van der Waals surface area contributed by atoms with Crippen LogP contribution in [0, 0.1) is 0 Å². The van der Waals surface area contributed by atoms with Crippen molar-refractivity contribution in [2.45, 2.75) is 31.9 Å². The molecule has 1 fully saturated rings. The fourth-order valence-corrected chi connectivity index (χ4v) is 2.54. The van der Waals surface area contributed by atoms with Crippen molar-refractivity contribution >= 4 is 5.97 Å². The minimum absolute atomic E-state index is 0.323. The molecule has 19 heavy (non-hydrogen) atoms. The van der Waals surface area contributed by atoms with Crippen molar-refractivity contribution in [1.29, 1.82) is 0 Å². The first-order chi connectivity index (χ1) is 9.06. The van der Waals surface area contributed by atoms with Crippen molar-refractivity contribution in [3.05, 3.63) is 29.6 Å². The third kappa shape index (κ3) is 3.30. The minimum Gasteiger partial charge on any atom is -0.464 e. The molecule has 0 aromatic carbocycles. The molecule has 0 saturated carbocycles. The first kappa shape index (κ1) is 14.0. The van der Waals surface area contributed by atoms with E-state index < -0.39 is 11.6 Å². The molecule has 0 aliphatic carbocycles. The van der Waals surface area contributed by atoms with Gasteiger partial charge in [0.05, 0.1) is 18.4 Å². The van der Waals surface area contributed by atoms with Gasteiger partial charge in [-0.3, -0.25) is 4.90 Å². The molecular weight excluding hydrogens is 244 g/mol. The van der Waals surface area contributed by atoms with Gasteiger partial charge in [0.15, 0.2) is 0 Å². The predicted molar refractivity (Wildman–Crippen MR) is 70.7 cm³/mol. The van der Waals surface area contributed by atoms with Crippen molar-refractivity contribution in [3.63, 3.8) is 0 Å². The summed E-state index contributed by atoms with van der Waals surface area (Å²) in [5, 5.41) is 10.1. The van der Waals surface area contributed by atoms with Gasteiger partial charge in [0.25, 0.3) is 0 Å². The first-order valence-electron chi connectivity index (χ1n) is 6.55. The van der Waals surface area contributed by atoms with Gasteiger partial charge in [-0.1, -0.05) is 19.4 Å². The number of aromatic nitrogens is 1. The van der Waals surface area contributed by atoms with Crippen LogP contribution in [0.3, 0.4) is 0 Å². The molecule has 1 aromatic heterocycles. The molecule has 5 heteroatoms. The zero-order valence-electron chi connectivity index (χ0n) is 11.4. The monoisotopic (exact) mass is 264 g/mol. The molecule has 1 aliphatic rings. The summed E-state index contributed by atoms with van der Waals surface area (Å²) in [5.41, 5.74) is 0.611. The van der Waals surface area contributed by atoms with E-state index in [-0.39, 0.29) is 0 Å². The molecule has 1 aliphatic heterocycles. The number of esters is 1. The smallest absolute Gasteiger partial charge is 0.356 e. The number of β-amino-alcohol motifs (C(OH)–C–C–N with tert-alkyl or cyclic N) is 1. The van der Waals surface area contributed by atoms with Crippen LogP contribution in [0.15, 0.2) is 18.2 Å². The molecule has 0 atom stereocenters. The normalized spacial score (nSPS) is 17.8. The quantitative estimate of drug-likeness (QED) is 0.810. The molecule has 1 N–H and O–H groups in total. The van der Waals surface area contributed by atoms with Crippen LogP contribution < -0.4 is 0 Å². The summed E-state index contributed by atoms with van der Waals surface area (Å²) in [7, 11) is 1.34. The van der Waals surface area contributed by atoms with Crippen molar-refractivity contribution in [1.82, 2.24) is 9.88 Å². The number of carbonyl (C=O) groups is 1. The van der Waals surface area contributed by atoms with Gasteiger partial charge >= 0.3 is 5.97 Å². The Morgan fingerprint density at radius 2 is 2.26 bits per heavy atom. The second kappa shape index (κ2) is 5.67. The van der Waals surface area contributed by atoms with Crippen molar-refractivity contribution in [2.75, 3.05) is 20.2 Å².